The zero-order valence-electron chi connectivity index (χ0n) is 18.4. The summed E-state index contributed by atoms with van der Waals surface area (Å²) in [5.74, 6) is 0.0535. The predicted molar refractivity (Wildman–Crippen MR) is 119 cm³/mol. The lowest BCUT2D eigenvalue weighted by Gasteiger charge is -2.23. The average molecular weight is 436 g/mol. The van der Waals surface area contributed by atoms with E-state index in [0.29, 0.717) is 37.8 Å². The van der Waals surface area contributed by atoms with E-state index in [1.54, 1.807) is 7.11 Å². The van der Waals surface area contributed by atoms with Crippen LogP contribution < -0.4 is 4.74 Å². The minimum Gasteiger partial charge on any atom is -0.496 e. The SMILES string of the molecule is COc1ccccc1CCC(O)CCC1/C(=N/O)CC(O)C1CCCCCCC(=O)O. The number of aryl methyl sites for hydroxylation is 1. The molecule has 0 bridgehead atoms. The summed E-state index contributed by atoms with van der Waals surface area (Å²) in [6.07, 6.45) is 6.36. The van der Waals surface area contributed by atoms with Crippen LogP contribution in [0.25, 0.3) is 0 Å². The maximum atomic E-state index is 10.6. The first-order valence-corrected chi connectivity index (χ1v) is 11.4. The Morgan fingerprint density at radius 2 is 1.90 bits per heavy atom. The van der Waals surface area contributed by atoms with Crippen LogP contribution in [0, 0.1) is 11.8 Å². The van der Waals surface area contributed by atoms with Crippen molar-refractivity contribution in [2.24, 2.45) is 17.0 Å². The maximum absolute atomic E-state index is 10.6. The van der Waals surface area contributed by atoms with E-state index in [2.05, 4.69) is 5.16 Å². The van der Waals surface area contributed by atoms with Gasteiger partial charge >= 0.3 is 5.97 Å². The smallest absolute Gasteiger partial charge is 0.303 e. The van der Waals surface area contributed by atoms with E-state index < -0.39 is 18.2 Å². The van der Waals surface area contributed by atoms with Gasteiger partial charge in [0.15, 0.2) is 0 Å². The molecule has 174 valence electrons. The minimum absolute atomic E-state index is 0.0202. The lowest BCUT2D eigenvalue weighted by atomic mass is 9.84. The van der Waals surface area contributed by atoms with Crippen molar-refractivity contribution >= 4 is 11.7 Å². The van der Waals surface area contributed by atoms with Crippen LogP contribution in [0.3, 0.4) is 0 Å². The third kappa shape index (κ3) is 8.15. The highest BCUT2D eigenvalue weighted by Crippen LogP contribution is 2.37. The Balaban J connectivity index is 1.80. The molecule has 4 unspecified atom stereocenters. The van der Waals surface area contributed by atoms with Crippen molar-refractivity contribution < 1.29 is 30.1 Å². The Morgan fingerprint density at radius 3 is 2.61 bits per heavy atom. The average Bonchev–Trinajstić information content (AvgIpc) is 3.07. The van der Waals surface area contributed by atoms with Crippen LogP contribution in [-0.4, -0.2) is 51.5 Å². The molecule has 0 radical (unpaired) electrons. The molecular weight excluding hydrogens is 398 g/mol. The first-order chi connectivity index (χ1) is 15.0. The highest BCUT2D eigenvalue weighted by atomic mass is 16.5. The number of aliphatic carboxylic acids is 1. The number of rotatable bonds is 14. The Bertz CT molecular complexity index is 707. The molecule has 1 aromatic rings. The van der Waals surface area contributed by atoms with Crippen molar-refractivity contribution in [2.75, 3.05) is 7.11 Å². The van der Waals surface area contributed by atoms with Gasteiger partial charge in [0.05, 0.1) is 25.0 Å². The first-order valence-electron chi connectivity index (χ1n) is 11.4. The normalized spacial score (nSPS) is 23.2. The Morgan fingerprint density at radius 1 is 1.16 bits per heavy atom. The van der Waals surface area contributed by atoms with Gasteiger partial charge in [0.1, 0.15) is 5.75 Å². The van der Waals surface area contributed by atoms with E-state index in [-0.39, 0.29) is 18.3 Å². The van der Waals surface area contributed by atoms with Gasteiger partial charge < -0.3 is 25.3 Å². The van der Waals surface area contributed by atoms with Gasteiger partial charge in [-0.3, -0.25) is 4.79 Å². The number of carbonyl (C=O) groups is 1. The van der Waals surface area contributed by atoms with Gasteiger partial charge in [-0.25, -0.2) is 0 Å². The Kier molecular flexibility index (Phi) is 10.8. The number of unbranched alkanes of at least 4 members (excludes halogenated alkanes) is 3. The van der Waals surface area contributed by atoms with Crippen LogP contribution in [0.5, 0.6) is 5.75 Å². The van der Waals surface area contributed by atoms with E-state index in [9.17, 15) is 20.2 Å². The van der Waals surface area contributed by atoms with Crippen molar-refractivity contribution in [2.45, 2.75) is 82.8 Å². The maximum Gasteiger partial charge on any atom is 0.303 e. The molecule has 7 nitrogen and oxygen atoms in total. The molecule has 0 amide bonds. The summed E-state index contributed by atoms with van der Waals surface area (Å²) in [5, 5.41) is 42.5. The number of aliphatic hydroxyl groups is 2. The van der Waals surface area contributed by atoms with Crippen molar-refractivity contribution in [3.8, 4) is 5.75 Å². The fourth-order valence-corrected chi connectivity index (χ4v) is 4.68. The number of nitrogens with zero attached hydrogens (tertiary/aromatic N) is 1. The number of aliphatic hydroxyl groups excluding tert-OH is 2. The van der Waals surface area contributed by atoms with Gasteiger partial charge in [-0.1, -0.05) is 42.6 Å². The molecule has 0 heterocycles. The molecule has 1 saturated carbocycles. The second-order valence-electron chi connectivity index (χ2n) is 8.56. The zero-order chi connectivity index (χ0) is 22.6. The van der Waals surface area contributed by atoms with Gasteiger partial charge in [0.2, 0.25) is 0 Å². The molecule has 7 heteroatoms. The van der Waals surface area contributed by atoms with Crippen LogP contribution in [0.15, 0.2) is 29.4 Å². The van der Waals surface area contributed by atoms with Crippen molar-refractivity contribution in [1.82, 2.24) is 0 Å². The summed E-state index contributed by atoms with van der Waals surface area (Å²) < 4.78 is 5.37. The number of hydrogen-bond donors (Lipinski definition) is 4. The lowest BCUT2D eigenvalue weighted by molar-refractivity contribution is -0.137. The molecule has 31 heavy (non-hydrogen) atoms. The number of carboxylic acid groups (broad SMARTS) is 1. The minimum atomic E-state index is -0.764. The van der Waals surface area contributed by atoms with E-state index in [4.69, 9.17) is 9.84 Å². The molecule has 0 saturated heterocycles. The van der Waals surface area contributed by atoms with Gasteiger partial charge in [0, 0.05) is 18.8 Å². The third-order valence-corrected chi connectivity index (χ3v) is 6.41. The summed E-state index contributed by atoms with van der Waals surface area (Å²) in [5.41, 5.74) is 1.69. The van der Waals surface area contributed by atoms with Crippen LogP contribution >= 0.6 is 0 Å². The number of hydrogen-bond acceptors (Lipinski definition) is 6. The molecule has 0 aromatic heterocycles. The standard InChI is InChI=1S/C24H37NO6/c1-31-23-10-7-6-8-17(23)12-13-18(26)14-15-19-20(22(27)16-21(19)25-30)9-4-2-3-5-11-24(28)29/h6-8,10,18-20,22,26-27,30H,2-5,9,11-16H2,1H3,(H,28,29)/b25-21+. The van der Waals surface area contributed by atoms with Crippen LogP contribution in [0.2, 0.25) is 0 Å². The number of methoxy groups -OCH3 is 1. The number of para-hydroxylation sites is 1. The summed E-state index contributed by atoms with van der Waals surface area (Å²) in [6.45, 7) is 0. The molecule has 1 aliphatic carbocycles. The topological polar surface area (TPSA) is 120 Å². The molecule has 2 rings (SSSR count). The molecule has 1 fully saturated rings. The van der Waals surface area contributed by atoms with E-state index >= 15 is 0 Å². The highest BCUT2D eigenvalue weighted by Gasteiger charge is 2.39. The van der Waals surface area contributed by atoms with Crippen LogP contribution in [0.1, 0.15) is 69.8 Å². The lowest BCUT2D eigenvalue weighted by Crippen LogP contribution is -2.22. The predicted octanol–water partition coefficient (Wildman–Crippen LogP) is 4.02. The molecule has 1 aromatic carbocycles. The van der Waals surface area contributed by atoms with E-state index in [0.717, 1.165) is 43.4 Å². The second kappa shape index (κ2) is 13.3. The third-order valence-electron chi connectivity index (χ3n) is 6.41. The number of ether oxygens (including phenoxy) is 1. The van der Waals surface area contributed by atoms with Crippen LogP contribution in [0.4, 0.5) is 0 Å². The van der Waals surface area contributed by atoms with Crippen molar-refractivity contribution in [3.05, 3.63) is 29.8 Å². The summed E-state index contributed by atoms with van der Waals surface area (Å²) in [7, 11) is 1.64. The largest absolute Gasteiger partial charge is 0.496 e. The molecule has 4 N–H and O–H groups in total. The molecule has 1 aliphatic rings. The molecule has 0 spiro atoms. The molecular formula is C24H37NO6. The summed E-state index contributed by atoms with van der Waals surface area (Å²) in [6, 6.07) is 7.80. The second-order valence-corrected chi connectivity index (χ2v) is 8.56. The van der Waals surface area contributed by atoms with E-state index in [1.165, 1.54) is 0 Å². The van der Waals surface area contributed by atoms with Gasteiger partial charge in [0.25, 0.3) is 0 Å². The number of carboxylic acids is 1. The summed E-state index contributed by atoms with van der Waals surface area (Å²) >= 11 is 0. The van der Waals surface area contributed by atoms with Crippen molar-refractivity contribution in [3.63, 3.8) is 0 Å². The summed E-state index contributed by atoms with van der Waals surface area (Å²) in [4.78, 5) is 10.6. The first kappa shape index (κ1) is 25.1. The van der Waals surface area contributed by atoms with Gasteiger partial charge in [-0.05, 0) is 56.1 Å². The quantitative estimate of drug-likeness (QED) is 0.199. The monoisotopic (exact) mass is 435 g/mol. The fraction of sp³-hybridized carbons (Fsp3) is 0.667. The molecule has 0 aliphatic heterocycles. The van der Waals surface area contributed by atoms with Crippen molar-refractivity contribution in [1.29, 1.82) is 0 Å². The van der Waals surface area contributed by atoms with Gasteiger partial charge in [-0.15, -0.1) is 0 Å². The highest BCUT2D eigenvalue weighted by molar-refractivity contribution is 5.89. The van der Waals surface area contributed by atoms with E-state index in [1.807, 2.05) is 24.3 Å². The fourth-order valence-electron chi connectivity index (χ4n) is 4.68. The Labute approximate surface area is 184 Å². The molecule has 4 atom stereocenters. The van der Waals surface area contributed by atoms with Crippen LogP contribution in [-0.2, 0) is 11.2 Å². The number of oxime groups is 1. The zero-order valence-corrected chi connectivity index (χ0v) is 18.4. The van der Waals surface area contributed by atoms with Gasteiger partial charge in [-0.2, -0.15) is 0 Å². The Hall–Kier alpha value is -2.12. The number of benzene rings is 1.